The van der Waals surface area contributed by atoms with Crippen molar-refractivity contribution in [2.24, 2.45) is 12.5 Å². The highest BCUT2D eigenvalue weighted by atomic mass is 16.5. The zero-order valence-electron chi connectivity index (χ0n) is 19.3. The van der Waals surface area contributed by atoms with Crippen molar-refractivity contribution in [1.29, 1.82) is 0 Å². The first kappa shape index (κ1) is 22.4. The van der Waals surface area contributed by atoms with Gasteiger partial charge in [-0.05, 0) is 44.4 Å². The summed E-state index contributed by atoms with van der Waals surface area (Å²) in [4.78, 5) is 35.6. The lowest BCUT2D eigenvalue weighted by atomic mass is 9.81. The van der Waals surface area contributed by atoms with Gasteiger partial charge in [0.05, 0.1) is 23.0 Å². The highest BCUT2D eigenvalue weighted by Gasteiger charge is 2.46. The van der Waals surface area contributed by atoms with E-state index in [1.54, 1.807) is 42.2 Å². The van der Waals surface area contributed by atoms with Gasteiger partial charge in [0.1, 0.15) is 17.3 Å². The van der Waals surface area contributed by atoms with Crippen molar-refractivity contribution in [3.05, 3.63) is 48.5 Å². The minimum Gasteiger partial charge on any atom is -0.455 e. The maximum absolute atomic E-state index is 12.8. The minimum absolute atomic E-state index is 0.108. The maximum Gasteiger partial charge on any atom is 0.329 e. The number of ether oxygens (including phenoxy) is 1. The molecule has 0 spiro atoms. The molecule has 0 radical (unpaired) electrons. The average Bonchev–Trinajstić information content (AvgIpc) is 3.39. The SMILES string of the molecule is CCC1(CC)CCN(C(=O)Nc2ccc(Oc3ccnc(-c4cnn(C)c4)c3)c(C)n2)C1=O. The number of anilines is 1. The molecular weight excluding hydrogens is 420 g/mol. The normalized spacial score (nSPS) is 15.0. The van der Waals surface area contributed by atoms with E-state index in [0.29, 0.717) is 36.0 Å². The molecule has 1 saturated heterocycles. The second-order valence-electron chi connectivity index (χ2n) is 8.29. The van der Waals surface area contributed by atoms with Crippen LogP contribution >= 0.6 is 0 Å². The van der Waals surface area contributed by atoms with Gasteiger partial charge in [-0.25, -0.2) is 9.78 Å². The predicted octanol–water partition coefficient (Wildman–Crippen LogP) is 4.55. The Balaban J connectivity index is 1.45. The molecule has 4 heterocycles. The second kappa shape index (κ2) is 9.01. The molecule has 4 rings (SSSR count). The fourth-order valence-electron chi connectivity index (χ4n) is 4.14. The Hall–Kier alpha value is -3.75. The smallest absolute Gasteiger partial charge is 0.329 e. The maximum atomic E-state index is 12.8. The van der Waals surface area contributed by atoms with E-state index >= 15 is 0 Å². The lowest BCUT2D eigenvalue weighted by Gasteiger charge is -2.24. The van der Waals surface area contributed by atoms with Gasteiger partial charge in [0.25, 0.3) is 0 Å². The molecule has 0 unspecified atom stereocenters. The third-order valence-electron chi connectivity index (χ3n) is 6.34. The Morgan fingerprint density at radius 2 is 2.03 bits per heavy atom. The number of aromatic nitrogens is 4. The van der Waals surface area contributed by atoms with Crippen LogP contribution in [0.4, 0.5) is 10.6 Å². The van der Waals surface area contributed by atoms with Crippen molar-refractivity contribution in [2.75, 3.05) is 11.9 Å². The summed E-state index contributed by atoms with van der Waals surface area (Å²) in [7, 11) is 1.85. The summed E-state index contributed by atoms with van der Waals surface area (Å²) in [6, 6.07) is 6.56. The molecule has 3 aromatic rings. The first-order valence-corrected chi connectivity index (χ1v) is 11.1. The number of amides is 3. The fourth-order valence-corrected chi connectivity index (χ4v) is 4.14. The van der Waals surface area contributed by atoms with Crippen LogP contribution in [0.2, 0.25) is 0 Å². The second-order valence-corrected chi connectivity index (χ2v) is 8.29. The van der Waals surface area contributed by atoms with Crippen molar-refractivity contribution in [3.63, 3.8) is 0 Å². The first-order chi connectivity index (χ1) is 15.8. The molecule has 3 amide bonds. The lowest BCUT2D eigenvalue weighted by molar-refractivity contribution is -0.133. The monoisotopic (exact) mass is 448 g/mol. The molecule has 1 N–H and O–H groups in total. The number of pyridine rings is 2. The van der Waals surface area contributed by atoms with Crippen molar-refractivity contribution in [1.82, 2.24) is 24.6 Å². The van der Waals surface area contributed by atoms with Crippen molar-refractivity contribution in [3.8, 4) is 22.8 Å². The average molecular weight is 449 g/mol. The van der Waals surface area contributed by atoms with Gasteiger partial charge in [0.2, 0.25) is 5.91 Å². The Labute approximate surface area is 192 Å². The molecule has 1 aliphatic rings. The Kier molecular flexibility index (Phi) is 6.13. The molecule has 1 fully saturated rings. The molecule has 9 heteroatoms. The number of nitrogens with one attached hydrogen (secondary N) is 1. The van der Waals surface area contributed by atoms with E-state index in [1.165, 1.54) is 4.90 Å². The molecule has 172 valence electrons. The van der Waals surface area contributed by atoms with Gasteiger partial charge in [-0.3, -0.25) is 24.7 Å². The number of likely N-dealkylation sites (tertiary alicyclic amines) is 1. The number of nitrogens with zero attached hydrogens (tertiary/aromatic N) is 5. The molecular formula is C24H28N6O3. The van der Waals surface area contributed by atoms with Crippen LogP contribution in [0.15, 0.2) is 42.9 Å². The summed E-state index contributed by atoms with van der Waals surface area (Å²) in [5.74, 6) is 1.44. The van der Waals surface area contributed by atoms with Gasteiger partial charge in [-0.2, -0.15) is 5.10 Å². The topological polar surface area (TPSA) is 102 Å². The summed E-state index contributed by atoms with van der Waals surface area (Å²) in [6.45, 7) is 6.21. The Morgan fingerprint density at radius 1 is 1.24 bits per heavy atom. The van der Waals surface area contributed by atoms with Crippen LogP contribution in [0.3, 0.4) is 0 Å². The van der Waals surface area contributed by atoms with Crippen LogP contribution in [0.5, 0.6) is 11.5 Å². The van der Waals surface area contributed by atoms with Crippen molar-refractivity contribution in [2.45, 2.75) is 40.0 Å². The first-order valence-electron chi connectivity index (χ1n) is 11.1. The molecule has 1 aliphatic heterocycles. The summed E-state index contributed by atoms with van der Waals surface area (Å²) in [5, 5.41) is 6.92. The highest BCUT2D eigenvalue weighted by Crippen LogP contribution is 2.38. The van der Waals surface area contributed by atoms with E-state index in [1.807, 2.05) is 33.2 Å². The van der Waals surface area contributed by atoms with Crippen molar-refractivity contribution < 1.29 is 14.3 Å². The molecule has 0 saturated carbocycles. The Bertz CT molecular complexity index is 1180. The van der Waals surface area contributed by atoms with Gasteiger partial charge in [-0.1, -0.05) is 13.8 Å². The number of urea groups is 1. The summed E-state index contributed by atoms with van der Waals surface area (Å²) < 4.78 is 7.72. The highest BCUT2D eigenvalue weighted by molar-refractivity contribution is 6.04. The number of aryl methyl sites for hydroxylation is 2. The van der Waals surface area contributed by atoms with Crippen LogP contribution < -0.4 is 10.1 Å². The number of carbonyl (C=O) groups is 2. The van der Waals surface area contributed by atoms with E-state index in [9.17, 15) is 9.59 Å². The zero-order valence-corrected chi connectivity index (χ0v) is 19.3. The predicted molar refractivity (Wildman–Crippen MR) is 124 cm³/mol. The van der Waals surface area contributed by atoms with E-state index in [2.05, 4.69) is 20.4 Å². The molecule has 0 aromatic carbocycles. The quantitative estimate of drug-likeness (QED) is 0.594. The van der Waals surface area contributed by atoms with Crippen LogP contribution in [0, 0.1) is 12.3 Å². The zero-order chi connectivity index (χ0) is 23.6. The minimum atomic E-state index is -0.445. The standard InChI is InChI=1S/C24H28N6O3/c1-5-24(6-2)10-12-30(22(24)31)23(32)28-21-8-7-20(16(3)27-21)33-18-9-11-25-19(13-18)17-14-26-29(4)15-17/h7-9,11,13-15H,5-6,10,12H2,1-4H3,(H,27,28,32). The fraction of sp³-hybridized carbons (Fsp3) is 0.375. The largest absolute Gasteiger partial charge is 0.455 e. The van der Waals surface area contributed by atoms with E-state index in [-0.39, 0.29) is 5.91 Å². The number of imide groups is 1. The lowest BCUT2D eigenvalue weighted by Crippen LogP contribution is -2.40. The molecule has 3 aromatic heterocycles. The van der Waals surface area contributed by atoms with Gasteiger partial charge in [0, 0.05) is 37.6 Å². The van der Waals surface area contributed by atoms with Crippen LogP contribution in [-0.2, 0) is 11.8 Å². The molecule has 9 nitrogen and oxygen atoms in total. The summed E-state index contributed by atoms with van der Waals surface area (Å²) >= 11 is 0. The number of hydrogen-bond donors (Lipinski definition) is 1. The van der Waals surface area contributed by atoms with Gasteiger partial charge >= 0.3 is 6.03 Å². The van der Waals surface area contributed by atoms with Crippen LogP contribution in [-0.4, -0.2) is 43.1 Å². The molecule has 0 bridgehead atoms. The molecule has 0 aliphatic carbocycles. The third-order valence-corrected chi connectivity index (χ3v) is 6.34. The molecule has 33 heavy (non-hydrogen) atoms. The van der Waals surface area contributed by atoms with Gasteiger partial charge < -0.3 is 4.74 Å². The Morgan fingerprint density at radius 3 is 2.67 bits per heavy atom. The number of hydrogen-bond acceptors (Lipinski definition) is 6. The van der Waals surface area contributed by atoms with Gasteiger partial charge in [-0.15, -0.1) is 0 Å². The van der Waals surface area contributed by atoms with Crippen molar-refractivity contribution >= 4 is 17.8 Å². The summed E-state index contributed by atoms with van der Waals surface area (Å²) in [5.41, 5.74) is 1.82. The summed E-state index contributed by atoms with van der Waals surface area (Å²) in [6.07, 6.45) is 7.45. The van der Waals surface area contributed by atoms with Crippen LogP contribution in [0.1, 0.15) is 38.8 Å². The van der Waals surface area contributed by atoms with E-state index < -0.39 is 11.4 Å². The van der Waals surface area contributed by atoms with E-state index in [0.717, 1.165) is 24.1 Å². The third kappa shape index (κ3) is 4.44. The van der Waals surface area contributed by atoms with E-state index in [4.69, 9.17) is 4.74 Å². The van der Waals surface area contributed by atoms with Gasteiger partial charge in [0.15, 0.2) is 0 Å². The number of carbonyl (C=O) groups excluding carboxylic acids is 2. The van der Waals surface area contributed by atoms with Crippen LogP contribution in [0.25, 0.3) is 11.3 Å². The molecule has 0 atom stereocenters. The number of rotatable bonds is 6.